The second kappa shape index (κ2) is 11.2. The average molecular weight is 480 g/mol. The van der Waals surface area contributed by atoms with Crippen molar-refractivity contribution >= 4 is 36.0 Å². The van der Waals surface area contributed by atoms with Crippen LogP contribution in [-0.2, 0) is 4.74 Å². The fraction of sp³-hybridized carbons (Fsp3) is 0.895. The molecular weight excluding hydrogens is 443 g/mol. The molecule has 2 aliphatic rings. The Hall–Kier alpha value is -0.730. The second-order valence-electron chi connectivity index (χ2n) is 8.13. The minimum Gasteiger partial charge on any atom is -0.450 e. The largest absolute Gasteiger partial charge is 0.450 e. The molecular formula is C19H37IN4O2. The molecule has 7 heteroatoms. The molecule has 1 aliphatic carbocycles. The van der Waals surface area contributed by atoms with Crippen molar-refractivity contribution in [2.75, 3.05) is 26.2 Å². The highest BCUT2D eigenvalue weighted by Crippen LogP contribution is 2.38. The third-order valence-corrected chi connectivity index (χ3v) is 5.74. The summed E-state index contributed by atoms with van der Waals surface area (Å²) in [7, 11) is 0. The van der Waals surface area contributed by atoms with Gasteiger partial charge in [-0.05, 0) is 43.9 Å². The Balaban J connectivity index is 0.00000338. The number of likely N-dealkylation sites (tertiary alicyclic amines) is 1. The normalized spacial score (nSPS) is 20.4. The molecule has 1 heterocycles. The summed E-state index contributed by atoms with van der Waals surface area (Å²) in [6.45, 7) is 9.08. The summed E-state index contributed by atoms with van der Waals surface area (Å²) in [6.07, 6.45) is 8.27. The highest BCUT2D eigenvalue weighted by Gasteiger charge is 2.30. The van der Waals surface area contributed by atoms with Crippen molar-refractivity contribution < 1.29 is 9.53 Å². The smallest absolute Gasteiger partial charge is 0.409 e. The Labute approximate surface area is 175 Å². The van der Waals surface area contributed by atoms with Gasteiger partial charge < -0.3 is 20.7 Å². The monoisotopic (exact) mass is 480 g/mol. The molecule has 1 aliphatic heterocycles. The van der Waals surface area contributed by atoms with Gasteiger partial charge in [-0.25, -0.2) is 4.79 Å². The van der Waals surface area contributed by atoms with Crippen LogP contribution >= 0.6 is 24.0 Å². The molecule has 1 saturated heterocycles. The standard InChI is InChI=1S/C19H36N4O2.HI/c1-4-25-18(24)23-12-10-16(11-13-23)22-17(20)21-14-19(2,3)15-8-6-5-7-9-15;/h15-16H,4-14H2,1-3H3,(H3,20,21,22);1H. The minimum absolute atomic E-state index is 0. The van der Waals surface area contributed by atoms with E-state index in [1.807, 2.05) is 6.92 Å². The summed E-state index contributed by atoms with van der Waals surface area (Å²) >= 11 is 0. The van der Waals surface area contributed by atoms with E-state index >= 15 is 0 Å². The molecule has 0 spiro atoms. The lowest BCUT2D eigenvalue weighted by Gasteiger charge is -2.36. The number of ether oxygens (including phenoxy) is 1. The molecule has 0 atom stereocenters. The first-order valence-electron chi connectivity index (χ1n) is 9.90. The summed E-state index contributed by atoms with van der Waals surface area (Å²) in [5.74, 6) is 1.30. The maximum atomic E-state index is 11.7. The van der Waals surface area contributed by atoms with Gasteiger partial charge in [0.2, 0.25) is 0 Å². The summed E-state index contributed by atoms with van der Waals surface area (Å²) in [4.78, 5) is 18.1. The number of piperidine rings is 1. The molecule has 0 aromatic carbocycles. The van der Waals surface area contributed by atoms with Gasteiger partial charge in [-0.2, -0.15) is 0 Å². The van der Waals surface area contributed by atoms with Crippen molar-refractivity contribution in [1.29, 1.82) is 0 Å². The first kappa shape index (κ1) is 23.3. The number of carbonyl (C=O) groups is 1. The highest BCUT2D eigenvalue weighted by atomic mass is 127. The maximum absolute atomic E-state index is 11.7. The average Bonchev–Trinajstić information content (AvgIpc) is 2.62. The number of nitrogens with two attached hydrogens (primary N) is 1. The fourth-order valence-corrected chi connectivity index (χ4v) is 3.98. The van der Waals surface area contributed by atoms with E-state index in [4.69, 9.17) is 10.5 Å². The number of amides is 1. The van der Waals surface area contributed by atoms with Crippen LogP contribution in [-0.4, -0.2) is 49.2 Å². The van der Waals surface area contributed by atoms with E-state index in [9.17, 15) is 4.79 Å². The van der Waals surface area contributed by atoms with Gasteiger partial charge >= 0.3 is 6.09 Å². The predicted octanol–water partition coefficient (Wildman–Crippen LogP) is 3.74. The van der Waals surface area contributed by atoms with E-state index < -0.39 is 0 Å². The summed E-state index contributed by atoms with van der Waals surface area (Å²) < 4.78 is 5.05. The van der Waals surface area contributed by atoms with Crippen molar-refractivity contribution in [3.05, 3.63) is 0 Å². The third kappa shape index (κ3) is 7.12. The quantitative estimate of drug-likeness (QED) is 0.357. The molecule has 6 nitrogen and oxygen atoms in total. The summed E-state index contributed by atoms with van der Waals surface area (Å²) in [6, 6.07) is 0.284. The van der Waals surface area contributed by atoms with Crippen LogP contribution in [0.2, 0.25) is 0 Å². The minimum atomic E-state index is -0.211. The zero-order chi connectivity index (χ0) is 18.3. The zero-order valence-electron chi connectivity index (χ0n) is 16.6. The predicted molar refractivity (Wildman–Crippen MR) is 117 cm³/mol. The summed E-state index contributed by atoms with van der Waals surface area (Å²) in [5, 5.41) is 3.33. The molecule has 3 N–H and O–H groups in total. The number of nitrogens with one attached hydrogen (secondary N) is 1. The number of hydrogen-bond acceptors (Lipinski definition) is 3. The summed E-state index contributed by atoms with van der Waals surface area (Å²) in [5.41, 5.74) is 6.33. The SMILES string of the molecule is CCOC(=O)N1CCC(NC(N)=NCC(C)(C)C2CCCCC2)CC1.I. The van der Waals surface area contributed by atoms with Gasteiger partial charge in [0.15, 0.2) is 5.96 Å². The molecule has 0 unspecified atom stereocenters. The number of halogens is 1. The van der Waals surface area contributed by atoms with Crippen LogP contribution in [0.1, 0.15) is 65.7 Å². The van der Waals surface area contributed by atoms with E-state index in [2.05, 4.69) is 24.2 Å². The molecule has 0 radical (unpaired) electrons. The first-order chi connectivity index (χ1) is 11.9. The van der Waals surface area contributed by atoms with Crippen LogP contribution in [0.25, 0.3) is 0 Å². The van der Waals surface area contributed by atoms with E-state index in [1.54, 1.807) is 4.90 Å². The molecule has 26 heavy (non-hydrogen) atoms. The van der Waals surface area contributed by atoms with E-state index in [-0.39, 0.29) is 41.5 Å². The van der Waals surface area contributed by atoms with Crippen molar-refractivity contribution in [1.82, 2.24) is 10.2 Å². The third-order valence-electron chi connectivity index (χ3n) is 5.74. The van der Waals surface area contributed by atoms with Crippen molar-refractivity contribution in [3.63, 3.8) is 0 Å². The first-order valence-corrected chi connectivity index (χ1v) is 9.90. The van der Waals surface area contributed by atoms with Gasteiger partial charge in [0.25, 0.3) is 0 Å². The maximum Gasteiger partial charge on any atom is 0.409 e. The number of guanidine groups is 1. The van der Waals surface area contributed by atoms with Gasteiger partial charge in [0.05, 0.1) is 6.61 Å². The van der Waals surface area contributed by atoms with Crippen molar-refractivity contribution in [3.8, 4) is 0 Å². The molecule has 152 valence electrons. The van der Waals surface area contributed by atoms with Crippen LogP contribution < -0.4 is 11.1 Å². The fourth-order valence-electron chi connectivity index (χ4n) is 3.98. The second-order valence-corrected chi connectivity index (χ2v) is 8.13. The van der Waals surface area contributed by atoms with Gasteiger partial charge in [0, 0.05) is 25.7 Å². The van der Waals surface area contributed by atoms with E-state index in [0.29, 0.717) is 25.7 Å². The van der Waals surface area contributed by atoms with Gasteiger partial charge in [-0.1, -0.05) is 33.1 Å². The Morgan fingerprint density at radius 3 is 2.38 bits per heavy atom. The molecule has 0 aromatic heterocycles. The van der Waals surface area contributed by atoms with Crippen LogP contribution in [0.15, 0.2) is 4.99 Å². The highest BCUT2D eigenvalue weighted by molar-refractivity contribution is 14.0. The van der Waals surface area contributed by atoms with Gasteiger partial charge in [0.1, 0.15) is 0 Å². The topological polar surface area (TPSA) is 80.0 Å². The number of nitrogens with zero attached hydrogens (tertiary/aromatic N) is 2. The number of rotatable bonds is 5. The Morgan fingerprint density at radius 1 is 1.19 bits per heavy atom. The molecule has 1 amide bonds. The molecule has 0 bridgehead atoms. The number of hydrogen-bond donors (Lipinski definition) is 2. The lowest BCUT2D eigenvalue weighted by molar-refractivity contribution is 0.0963. The number of carbonyl (C=O) groups excluding carboxylic acids is 1. The van der Waals surface area contributed by atoms with Crippen molar-refractivity contribution in [2.45, 2.75) is 71.8 Å². The Kier molecular flexibility index (Phi) is 10.0. The van der Waals surface area contributed by atoms with Crippen LogP contribution in [0.3, 0.4) is 0 Å². The molecule has 2 rings (SSSR count). The van der Waals surface area contributed by atoms with Gasteiger partial charge in [-0.15, -0.1) is 24.0 Å². The Morgan fingerprint density at radius 2 is 1.81 bits per heavy atom. The van der Waals surface area contributed by atoms with E-state index in [1.165, 1.54) is 32.1 Å². The van der Waals surface area contributed by atoms with Crippen LogP contribution in [0, 0.1) is 11.3 Å². The number of aliphatic imine (C=N–C) groups is 1. The van der Waals surface area contributed by atoms with E-state index in [0.717, 1.165) is 25.3 Å². The lowest BCUT2D eigenvalue weighted by Crippen LogP contribution is -2.48. The molecule has 0 aromatic rings. The van der Waals surface area contributed by atoms with Crippen LogP contribution in [0.4, 0.5) is 4.79 Å². The van der Waals surface area contributed by atoms with Crippen LogP contribution in [0.5, 0.6) is 0 Å². The lowest BCUT2D eigenvalue weighted by atomic mass is 9.71. The zero-order valence-corrected chi connectivity index (χ0v) is 19.0. The molecule has 1 saturated carbocycles. The van der Waals surface area contributed by atoms with Crippen molar-refractivity contribution in [2.24, 2.45) is 22.1 Å². The van der Waals surface area contributed by atoms with Gasteiger partial charge in [-0.3, -0.25) is 4.99 Å². The molecule has 2 fully saturated rings. The Bertz CT molecular complexity index is 456.